The quantitative estimate of drug-likeness (QED) is 0.124. The van der Waals surface area contributed by atoms with Crippen molar-refractivity contribution in [2.24, 2.45) is 10.9 Å². The first-order chi connectivity index (χ1) is 13.3. The summed E-state index contributed by atoms with van der Waals surface area (Å²) in [6.45, 7) is 0. The fourth-order valence-electron chi connectivity index (χ4n) is 5.20. The molecule has 124 valence electrons. The maximum absolute atomic E-state index is 5.52. The summed E-state index contributed by atoms with van der Waals surface area (Å²) in [5, 5.41) is 19.7. The van der Waals surface area contributed by atoms with E-state index < -0.39 is 0 Å². The van der Waals surface area contributed by atoms with Crippen LogP contribution in [-0.2, 0) is 0 Å². The molecule has 0 fully saturated rings. The van der Waals surface area contributed by atoms with Gasteiger partial charge in [-0.3, -0.25) is 0 Å². The first kappa shape index (κ1) is 13.5. The third-order valence-corrected chi connectivity index (χ3v) is 6.25. The van der Waals surface area contributed by atoms with Gasteiger partial charge in [0, 0.05) is 5.56 Å². The second kappa shape index (κ2) is 4.36. The minimum Gasteiger partial charge on any atom is -0.323 e. The van der Waals surface area contributed by atoms with Crippen LogP contribution < -0.4 is 5.84 Å². The molecule has 0 spiro atoms. The average Bonchev–Trinajstić information content (AvgIpc) is 2.72. The van der Waals surface area contributed by atoms with Gasteiger partial charge in [-0.1, -0.05) is 60.7 Å². The van der Waals surface area contributed by atoms with Gasteiger partial charge >= 0.3 is 0 Å². The Morgan fingerprint density at radius 3 is 1.44 bits per heavy atom. The summed E-state index contributed by atoms with van der Waals surface area (Å²) < 4.78 is 0. The van der Waals surface area contributed by atoms with Crippen LogP contribution in [0, 0.1) is 0 Å². The highest BCUT2D eigenvalue weighted by Crippen LogP contribution is 2.48. The van der Waals surface area contributed by atoms with Crippen LogP contribution in [0.1, 0.15) is 5.56 Å². The van der Waals surface area contributed by atoms with Crippen LogP contribution in [-0.4, -0.2) is 6.21 Å². The first-order valence-electron chi connectivity index (χ1n) is 9.19. The molecule has 0 aliphatic carbocycles. The Morgan fingerprint density at radius 1 is 0.519 bits per heavy atom. The van der Waals surface area contributed by atoms with Crippen LogP contribution in [0.4, 0.5) is 0 Å². The summed E-state index contributed by atoms with van der Waals surface area (Å²) in [7, 11) is 0. The highest BCUT2D eigenvalue weighted by molar-refractivity contribution is 6.45. The standard InChI is InChI=1S/C25H14N2/c26-27-12-18-11-17-8-7-15-4-2-13-1-3-14-5-6-16-9-10-19(18)25-23(16)21(14)20(13)22(15)24(17)25/h1-12H,26H2. The molecule has 27 heavy (non-hydrogen) atoms. The van der Waals surface area contributed by atoms with E-state index in [-0.39, 0.29) is 0 Å². The Morgan fingerprint density at radius 2 is 0.926 bits per heavy atom. The molecular formula is C25H14N2. The van der Waals surface area contributed by atoms with Crippen LogP contribution in [0.15, 0.2) is 71.8 Å². The van der Waals surface area contributed by atoms with Crippen molar-refractivity contribution in [1.82, 2.24) is 0 Å². The summed E-state index contributed by atoms with van der Waals surface area (Å²) in [5.41, 5.74) is 1.07. The van der Waals surface area contributed by atoms with E-state index in [1.54, 1.807) is 6.21 Å². The van der Waals surface area contributed by atoms with Crippen LogP contribution in [0.3, 0.4) is 0 Å². The van der Waals surface area contributed by atoms with Gasteiger partial charge in [-0.25, -0.2) is 0 Å². The van der Waals surface area contributed by atoms with Gasteiger partial charge in [-0.2, -0.15) is 5.10 Å². The molecule has 0 aromatic heterocycles. The van der Waals surface area contributed by atoms with Gasteiger partial charge in [0.25, 0.3) is 0 Å². The fourth-order valence-corrected chi connectivity index (χ4v) is 5.20. The zero-order valence-corrected chi connectivity index (χ0v) is 14.5. The lowest BCUT2D eigenvalue weighted by atomic mass is 9.82. The molecule has 0 aliphatic heterocycles. The molecule has 0 radical (unpaired) electrons. The number of nitrogens with two attached hydrogens (primary N) is 1. The van der Waals surface area contributed by atoms with E-state index in [4.69, 9.17) is 5.84 Å². The Balaban J connectivity index is 2.01. The Bertz CT molecular complexity index is 1620. The smallest absolute Gasteiger partial charge is 0.0544 e. The molecule has 0 atom stereocenters. The van der Waals surface area contributed by atoms with Gasteiger partial charge in [-0.05, 0) is 70.7 Å². The average molecular weight is 342 g/mol. The van der Waals surface area contributed by atoms with Crippen molar-refractivity contribution in [1.29, 1.82) is 0 Å². The Labute approximate surface area is 154 Å². The molecule has 0 aliphatic rings. The molecule has 2 N–H and O–H groups in total. The number of hydrogen-bond donors (Lipinski definition) is 1. The van der Waals surface area contributed by atoms with Crippen molar-refractivity contribution in [2.45, 2.75) is 0 Å². The highest BCUT2D eigenvalue weighted by Gasteiger charge is 2.20. The topological polar surface area (TPSA) is 38.4 Å². The molecule has 0 bridgehead atoms. The number of rotatable bonds is 1. The molecule has 2 heteroatoms. The zero-order valence-electron chi connectivity index (χ0n) is 14.5. The molecule has 7 rings (SSSR count). The number of hydrogen-bond acceptors (Lipinski definition) is 2. The number of benzene rings is 7. The monoisotopic (exact) mass is 342 g/mol. The van der Waals surface area contributed by atoms with Gasteiger partial charge in [0.2, 0.25) is 0 Å². The molecule has 7 aromatic carbocycles. The Kier molecular flexibility index (Phi) is 2.19. The third kappa shape index (κ3) is 1.43. The summed E-state index contributed by atoms with van der Waals surface area (Å²) in [5.74, 6) is 5.52. The third-order valence-electron chi connectivity index (χ3n) is 6.25. The number of nitrogens with zero attached hydrogens (tertiary/aromatic N) is 1. The largest absolute Gasteiger partial charge is 0.323 e. The zero-order chi connectivity index (χ0) is 17.7. The maximum atomic E-state index is 5.52. The van der Waals surface area contributed by atoms with E-state index in [1.807, 2.05) is 0 Å². The van der Waals surface area contributed by atoms with Gasteiger partial charge in [0.1, 0.15) is 0 Å². The van der Waals surface area contributed by atoms with Crippen molar-refractivity contribution < 1.29 is 0 Å². The normalized spacial score (nSPS) is 13.2. The highest BCUT2D eigenvalue weighted by atomic mass is 15.1. The van der Waals surface area contributed by atoms with E-state index in [2.05, 4.69) is 71.8 Å². The minimum absolute atomic E-state index is 1.07. The second-order valence-corrected chi connectivity index (χ2v) is 7.48. The van der Waals surface area contributed by atoms with Crippen molar-refractivity contribution in [3.05, 3.63) is 72.3 Å². The minimum atomic E-state index is 1.07. The van der Waals surface area contributed by atoms with E-state index in [9.17, 15) is 0 Å². The van der Waals surface area contributed by atoms with Crippen LogP contribution in [0.5, 0.6) is 0 Å². The van der Waals surface area contributed by atoms with E-state index in [1.165, 1.54) is 64.6 Å². The second-order valence-electron chi connectivity index (χ2n) is 7.48. The number of hydrazone groups is 1. The molecule has 0 heterocycles. The molecule has 0 amide bonds. The molecule has 0 unspecified atom stereocenters. The van der Waals surface area contributed by atoms with Crippen LogP contribution in [0.2, 0.25) is 0 Å². The fraction of sp³-hybridized carbons (Fsp3) is 0. The van der Waals surface area contributed by atoms with E-state index in [0.717, 1.165) is 5.56 Å². The Hall–Kier alpha value is -3.65. The predicted molar refractivity (Wildman–Crippen MR) is 117 cm³/mol. The lowest BCUT2D eigenvalue weighted by molar-refractivity contribution is 1.26. The first-order valence-corrected chi connectivity index (χ1v) is 9.19. The molecule has 2 nitrogen and oxygen atoms in total. The van der Waals surface area contributed by atoms with Crippen LogP contribution >= 0.6 is 0 Å². The lowest BCUT2D eigenvalue weighted by Crippen LogP contribution is -1.95. The van der Waals surface area contributed by atoms with Gasteiger partial charge in [0.05, 0.1) is 6.21 Å². The van der Waals surface area contributed by atoms with Gasteiger partial charge in [-0.15, -0.1) is 0 Å². The molecule has 7 aromatic rings. The summed E-state index contributed by atoms with van der Waals surface area (Å²) in [6.07, 6.45) is 1.77. The SMILES string of the molecule is NN=Cc1cc2ccc3ccc4ccc5ccc6ccc1c1c6c5c4c3c21. The van der Waals surface area contributed by atoms with Crippen LogP contribution in [0.25, 0.3) is 64.6 Å². The van der Waals surface area contributed by atoms with Crippen molar-refractivity contribution in [3.8, 4) is 0 Å². The summed E-state index contributed by atoms with van der Waals surface area (Å²) >= 11 is 0. The lowest BCUT2D eigenvalue weighted by Gasteiger charge is -2.21. The molecular weight excluding hydrogens is 328 g/mol. The summed E-state index contributed by atoms with van der Waals surface area (Å²) in [4.78, 5) is 0. The maximum Gasteiger partial charge on any atom is 0.0544 e. The van der Waals surface area contributed by atoms with Crippen molar-refractivity contribution in [3.63, 3.8) is 0 Å². The van der Waals surface area contributed by atoms with E-state index >= 15 is 0 Å². The summed E-state index contributed by atoms with van der Waals surface area (Å²) in [6, 6.07) is 24.6. The molecule has 0 saturated heterocycles. The predicted octanol–water partition coefficient (Wildman–Crippen LogP) is 6.21. The van der Waals surface area contributed by atoms with Crippen molar-refractivity contribution in [2.75, 3.05) is 0 Å². The van der Waals surface area contributed by atoms with E-state index in [0.29, 0.717) is 0 Å². The van der Waals surface area contributed by atoms with Gasteiger partial charge < -0.3 is 5.84 Å². The van der Waals surface area contributed by atoms with Gasteiger partial charge in [0.15, 0.2) is 0 Å². The molecule has 0 saturated carbocycles. The van der Waals surface area contributed by atoms with Crippen molar-refractivity contribution >= 4 is 70.8 Å².